The second kappa shape index (κ2) is 37.9. The first-order valence-electron chi connectivity index (χ1n) is 47.5. The maximum atomic E-state index is 7.76. The van der Waals surface area contributed by atoms with Crippen LogP contribution in [-0.2, 0) is 70.5 Å². The van der Waals surface area contributed by atoms with Gasteiger partial charge in [-0.15, -0.1) is 0 Å². The summed E-state index contributed by atoms with van der Waals surface area (Å²) in [6.07, 6.45) is 10.2. The molecule has 0 saturated heterocycles. The van der Waals surface area contributed by atoms with Crippen LogP contribution in [0.15, 0.2) is 237 Å². The minimum Gasteiger partial charge on any atom is -0.196 e. The number of pyridine rings is 10. The fourth-order valence-electron chi connectivity index (χ4n) is 16.6. The van der Waals surface area contributed by atoms with Crippen molar-refractivity contribution in [3.05, 3.63) is 354 Å². The molecule has 0 amide bonds. The van der Waals surface area contributed by atoms with Crippen LogP contribution in [0.25, 0.3) is 113 Å². The molecule has 0 aliphatic heterocycles. The summed E-state index contributed by atoms with van der Waals surface area (Å²) in [6, 6.07) is 70.2. The van der Waals surface area contributed by atoms with E-state index < -0.39 is 27.4 Å². The molecule has 10 nitrogen and oxygen atoms in total. The number of hydrogen-bond acceptors (Lipinski definition) is 0. The lowest BCUT2D eigenvalue weighted by atomic mass is 9.94. The van der Waals surface area contributed by atoms with Crippen LogP contribution >= 0.6 is 0 Å². The lowest BCUT2D eigenvalue weighted by Gasteiger charge is -2.13. The van der Waals surface area contributed by atoms with Gasteiger partial charge >= 0.3 is 0 Å². The Morgan fingerprint density at radius 3 is 0.893 bits per heavy atom. The number of aryl methyl sites for hydroxylation is 26. The molecule has 10 aromatic heterocycles. The third kappa shape index (κ3) is 19.7. The summed E-state index contributed by atoms with van der Waals surface area (Å²) in [5, 5.41) is 0. The molecule has 10 heterocycles. The van der Waals surface area contributed by atoms with Crippen molar-refractivity contribution in [3.8, 4) is 113 Å². The van der Waals surface area contributed by atoms with E-state index >= 15 is 0 Å². The van der Waals surface area contributed by atoms with Crippen molar-refractivity contribution < 1.29 is 62.1 Å². The van der Waals surface area contributed by atoms with Crippen molar-refractivity contribution in [3.63, 3.8) is 0 Å². The molecule has 616 valence electrons. The fraction of sp³-hybridized carbons (Fsp3) is 0.279. The van der Waals surface area contributed by atoms with Gasteiger partial charge < -0.3 is 0 Å². The van der Waals surface area contributed by atoms with Crippen LogP contribution in [0.5, 0.6) is 0 Å². The van der Waals surface area contributed by atoms with E-state index in [1.807, 2.05) is 133 Å². The highest BCUT2D eigenvalue weighted by atomic mass is 15.0. The zero-order valence-electron chi connectivity index (χ0n) is 88.5. The van der Waals surface area contributed by atoms with Crippen molar-refractivity contribution in [2.45, 2.75) is 145 Å². The first-order valence-corrected chi connectivity index (χ1v) is 41.5. The summed E-state index contributed by atoms with van der Waals surface area (Å²) in [5.74, 6) is 0. The second-order valence-electron chi connectivity index (χ2n) is 33.4. The molecule has 0 aliphatic rings. The van der Waals surface area contributed by atoms with Crippen LogP contribution in [0, 0.1) is 145 Å². The summed E-state index contributed by atoms with van der Waals surface area (Å²) in [5.41, 5.74) is 43.2. The molecule has 10 heteroatoms. The van der Waals surface area contributed by atoms with Crippen LogP contribution in [0.1, 0.15) is 133 Å². The predicted octanol–water partition coefficient (Wildman–Crippen LogP) is 19.8. The SMILES string of the molecule is Cc1cc(C)c(-c2c(C)cc(C)c(-c3cccc[n+]3C)[n+]2C)cc1C.Cc1ccc(-c2cccc(-c3cc(C)c(C)cc3C)[n+]2C)[n+](C)c1.[2H]C([2H])([2H])c1cc(C)c(-c2cc(C)cc(-c3cccc[n+]3C)[n+]2C)cc1C.[2H]C([2H])([2H])c1cc(C)c(-c2cccc(-c3ccc(C)c[n+]3C)[n+]2C)cc1C.[2H]C([2H])([2H])c1cc[n+](C)c(-c2cccc(-c3cc(C)c(C([2H])([2H])[2H])cc3C)[n+]2C)c1. The minimum atomic E-state index is -2.18. The Labute approximate surface area is 741 Å². The minimum absolute atomic E-state index is 0.287. The molecular formula is C111H132N10+10. The molecule has 0 unspecified atom stereocenters. The van der Waals surface area contributed by atoms with Crippen molar-refractivity contribution in [2.75, 3.05) is 0 Å². The molecule has 0 fully saturated rings. The third-order valence-electron chi connectivity index (χ3n) is 23.9. The first kappa shape index (κ1) is 73.7. The molecule has 0 aliphatic carbocycles. The Hall–Kier alpha value is -12.4. The van der Waals surface area contributed by atoms with Crippen LogP contribution in [0.3, 0.4) is 0 Å². The Morgan fingerprint density at radius 1 is 0.174 bits per heavy atom. The Balaban J connectivity index is 0.000000160. The number of nitrogens with zero attached hydrogens (tertiary/aromatic N) is 10. The number of rotatable bonds is 10. The highest BCUT2D eigenvalue weighted by Crippen LogP contribution is 2.34. The van der Waals surface area contributed by atoms with E-state index in [0.29, 0.717) is 16.7 Å². The summed E-state index contributed by atoms with van der Waals surface area (Å²) in [6.45, 7) is 26.8. The second-order valence-corrected chi connectivity index (χ2v) is 33.4. The van der Waals surface area contributed by atoms with Gasteiger partial charge in [-0.3, -0.25) is 0 Å². The van der Waals surface area contributed by atoms with Crippen LogP contribution in [0.2, 0.25) is 0 Å². The quantitative estimate of drug-likeness (QED) is 0.122. The van der Waals surface area contributed by atoms with E-state index in [1.54, 1.807) is 30.5 Å². The summed E-state index contributed by atoms with van der Waals surface area (Å²) in [4.78, 5) is 0. The van der Waals surface area contributed by atoms with Gasteiger partial charge in [0.2, 0.25) is 28.5 Å². The van der Waals surface area contributed by atoms with Gasteiger partial charge in [0.15, 0.2) is 31.0 Å². The van der Waals surface area contributed by atoms with Crippen LogP contribution < -0.4 is 45.7 Å². The molecule has 0 N–H and O–H groups in total. The molecule has 0 spiro atoms. The van der Waals surface area contributed by atoms with Gasteiger partial charge in [0.1, 0.15) is 70.5 Å². The van der Waals surface area contributed by atoms with Gasteiger partial charge in [-0.1, -0.05) is 30.3 Å². The Bertz CT molecular complexity index is 6970. The summed E-state index contributed by atoms with van der Waals surface area (Å²) >= 11 is 0. The van der Waals surface area contributed by atoms with E-state index in [0.717, 1.165) is 101 Å². The smallest absolute Gasteiger partial charge is 0.196 e. The third-order valence-corrected chi connectivity index (χ3v) is 23.9. The maximum Gasteiger partial charge on any atom is 0.280 e. The first-order chi connectivity index (χ1) is 62.2. The number of aromatic nitrogens is 10. The van der Waals surface area contributed by atoms with Crippen molar-refractivity contribution in [2.24, 2.45) is 70.5 Å². The van der Waals surface area contributed by atoms with E-state index in [2.05, 4.69) is 308 Å². The maximum absolute atomic E-state index is 7.76. The van der Waals surface area contributed by atoms with Crippen LogP contribution in [0.4, 0.5) is 0 Å². The number of benzene rings is 5. The molecule has 0 bridgehead atoms. The normalized spacial score (nSPS) is 12.8. The fourth-order valence-corrected chi connectivity index (χ4v) is 16.6. The van der Waals surface area contributed by atoms with E-state index in [4.69, 9.17) is 16.4 Å². The van der Waals surface area contributed by atoms with Gasteiger partial charge in [-0.25, -0.2) is 0 Å². The largest absolute Gasteiger partial charge is 0.280 e. The highest BCUT2D eigenvalue weighted by molar-refractivity contribution is 5.71. The average molecular weight is 1620 g/mol. The average Bonchev–Trinajstić information content (AvgIpc) is 0.822. The molecule has 0 saturated carbocycles. The van der Waals surface area contributed by atoms with Crippen molar-refractivity contribution in [1.29, 1.82) is 0 Å². The van der Waals surface area contributed by atoms with Gasteiger partial charge in [0, 0.05) is 164 Å². The highest BCUT2D eigenvalue weighted by Gasteiger charge is 2.32. The zero-order chi connectivity index (χ0) is 98.0. The van der Waals surface area contributed by atoms with Gasteiger partial charge in [-0.2, -0.15) is 45.7 Å². The number of hydrogen-bond donors (Lipinski definition) is 0. The molecule has 5 aromatic carbocycles. The standard InChI is InChI=1S/C23H28N2.4C22H26N2/c1-15-12-17(3)20(14-16(15)2)22-18(4)13-19(5)23(25(22)7)21-10-8-9-11-24(21)6;2*1-15-10-11-21(23(5)14-15)22-9-7-8-20(24(22)6)19-13-17(3)16(2)12-18(19)4;1-15-10-11-23(5)22(12-15)21-9-7-8-20(24(21)6)19-14-17(3)16(2)13-18(19)4;1-15-11-21(19-14-17(3)16(2)13-18(19)4)24(6)22(12-15)20-9-7-8-10-23(20)5/h8-14H,1-7H3;4*7-14H,1-6H3/q5*+2/i;2D3;;1D3,2D3;2D3. The van der Waals surface area contributed by atoms with Gasteiger partial charge in [-0.05, 0) is 319 Å². The van der Waals surface area contributed by atoms with Crippen molar-refractivity contribution in [1.82, 2.24) is 0 Å². The van der Waals surface area contributed by atoms with E-state index in [1.165, 1.54) is 106 Å². The van der Waals surface area contributed by atoms with E-state index in [-0.39, 0.29) is 5.56 Å². The lowest BCUT2D eigenvalue weighted by Crippen LogP contribution is -2.41. The van der Waals surface area contributed by atoms with Crippen LogP contribution in [-0.4, -0.2) is 0 Å². The molecule has 15 aromatic rings. The molecule has 0 radical (unpaired) electrons. The van der Waals surface area contributed by atoms with Crippen molar-refractivity contribution >= 4 is 0 Å². The molecule has 121 heavy (non-hydrogen) atoms. The van der Waals surface area contributed by atoms with Gasteiger partial charge in [0.05, 0.1) is 0 Å². The molecule has 0 atom stereocenters. The Kier molecular flexibility index (Phi) is 23.1. The summed E-state index contributed by atoms with van der Waals surface area (Å²) < 4.78 is 114. The predicted molar refractivity (Wildman–Crippen MR) is 498 cm³/mol. The Morgan fingerprint density at radius 2 is 0.479 bits per heavy atom. The zero-order valence-corrected chi connectivity index (χ0v) is 76.5. The molecule has 15 rings (SSSR count). The molecular weight excluding hydrogens is 1470 g/mol. The van der Waals surface area contributed by atoms with E-state index in [9.17, 15) is 0 Å². The van der Waals surface area contributed by atoms with Gasteiger partial charge in [0.25, 0.3) is 56.9 Å². The lowest BCUT2D eigenvalue weighted by molar-refractivity contribution is -0.685. The topological polar surface area (TPSA) is 38.8 Å². The monoisotopic (exact) mass is 1620 g/mol. The summed E-state index contributed by atoms with van der Waals surface area (Å²) in [7, 11) is 20.6.